The molecule has 0 saturated heterocycles. The van der Waals surface area contributed by atoms with E-state index in [9.17, 15) is 19.5 Å². The molecule has 0 aromatic heterocycles. The smallest absolute Gasteiger partial charge is 0.342 e. The summed E-state index contributed by atoms with van der Waals surface area (Å²) in [5.41, 5.74) is 0.579. The summed E-state index contributed by atoms with van der Waals surface area (Å²) in [6.07, 6.45) is -1.14. The van der Waals surface area contributed by atoms with E-state index in [0.717, 1.165) is 0 Å². The molecule has 0 aliphatic rings. The van der Waals surface area contributed by atoms with Crippen LogP contribution < -0.4 is 5.32 Å². The fourth-order valence-corrected chi connectivity index (χ4v) is 2.25. The lowest BCUT2D eigenvalue weighted by Gasteiger charge is -2.15. The van der Waals surface area contributed by atoms with Crippen LogP contribution in [0.25, 0.3) is 0 Å². The first kappa shape index (κ1) is 18.5. The summed E-state index contributed by atoms with van der Waals surface area (Å²) >= 11 is 5.70. The van der Waals surface area contributed by atoms with Crippen LogP contribution in [0.5, 0.6) is 5.75 Å². The van der Waals surface area contributed by atoms with E-state index >= 15 is 0 Å². The van der Waals surface area contributed by atoms with Crippen LogP contribution in [0.15, 0.2) is 42.5 Å². The number of carbonyl (C=O) groups is 3. The SMILES string of the molecule is CC(=O)c1ccccc1NC(=O)[C@H](C)OC(=O)c1ccc(Cl)cc1O. The second-order valence-electron chi connectivity index (χ2n) is 5.30. The number of hydrogen-bond donors (Lipinski definition) is 2. The monoisotopic (exact) mass is 361 g/mol. The fraction of sp³-hybridized carbons (Fsp3) is 0.167. The second kappa shape index (κ2) is 7.81. The highest BCUT2D eigenvalue weighted by Crippen LogP contribution is 2.23. The van der Waals surface area contributed by atoms with E-state index in [4.69, 9.17) is 16.3 Å². The molecule has 0 aliphatic carbocycles. The van der Waals surface area contributed by atoms with Crippen LogP contribution in [0.4, 0.5) is 5.69 Å². The summed E-state index contributed by atoms with van der Waals surface area (Å²) in [5.74, 6) is -2.01. The molecule has 0 radical (unpaired) electrons. The van der Waals surface area contributed by atoms with Gasteiger partial charge in [0.2, 0.25) is 0 Å². The Bertz CT molecular complexity index is 834. The average Bonchev–Trinajstić information content (AvgIpc) is 2.54. The third-order valence-electron chi connectivity index (χ3n) is 3.40. The van der Waals surface area contributed by atoms with Gasteiger partial charge < -0.3 is 15.2 Å². The molecule has 25 heavy (non-hydrogen) atoms. The minimum absolute atomic E-state index is 0.104. The summed E-state index contributed by atoms with van der Waals surface area (Å²) < 4.78 is 5.05. The molecule has 2 N–H and O–H groups in total. The Balaban J connectivity index is 2.08. The number of para-hydroxylation sites is 1. The number of ketones is 1. The Morgan fingerprint density at radius 1 is 1.12 bits per heavy atom. The van der Waals surface area contributed by atoms with Crippen molar-refractivity contribution in [1.82, 2.24) is 0 Å². The molecular formula is C18H16ClNO5. The first-order chi connectivity index (χ1) is 11.8. The number of hydrogen-bond acceptors (Lipinski definition) is 5. The minimum atomic E-state index is -1.14. The van der Waals surface area contributed by atoms with Crippen LogP contribution in [0.2, 0.25) is 5.02 Å². The van der Waals surface area contributed by atoms with Crippen molar-refractivity contribution in [3.05, 3.63) is 58.6 Å². The number of rotatable bonds is 5. The zero-order valence-electron chi connectivity index (χ0n) is 13.6. The third-order valence-corrected chi connectivity index (χ3v) is 3.63. The van der Waals surface area contributed by atoms with E-state index < -0.39 is 18.0 Å². The van der Waals surface area contributed by atoms with Gasteiger partial charge >= 0.3 is 5.97 Å². The first-order valence-electron chi connectivity index (χ1n) is 7.40. The van der Waals surface area contributed by atoms with Gasteiger partial charge in [0.05, 0.1) is 5.69 Å². The van der Waals surface area contributed by atoms with Gasteiger partial charge in [0, 0.05) is 10.6 Å². The molecule has 0 saturated carbocycles. The average molecular weight is 362 g/mol. The molecular weight excluding hydrogens is 346 g/mol. The lowest BCUT2D eigenvalue weighted by atomic mass is 10.1. The number of carbonyl (C=O) groups excluding carboxylic acids is 3. The number of ether oxygens (including phenoxy) is 1. The molecule has 0 fully saturated rings. The Morgan fingerprint density at radius 3 is 2.44 bits per heavy atom. The predicted octanol–water partition coefficient (Wildman–Crippen LogP) is 3.43. The lowest BCUT2D eigenvalue weighted by molar-refractivity contribution is -0.123. The quantitative estimate of drug-likeness (QED) is 0.628. The standard InChI is InChI=1S/C18H16ClNO5/c1-10(21)13-5-3-4-6-15(13)20-17(23)11(2)25-18(24)14-8-7-12(19)9-16(14)22/h3-9,11,22H,1-2H3,(H,20,23)/t11-/m0/s1. The van der Waals surface area contributed by atoms with Gasteiger partial charge in [0.1, 0.15) is 11.3 Å². The number of phenolic OH excluding ortho intramolecular Hbond substituents is 1. The number of aromatic hydroxyl groups is 1. The van der Waals surface area contributed by atoms with Crippen molar-refractivity contribution in [3.63, 3.8) is 0 Å². The molecule has 1 amide bonds. The van der Waals surface area contributed by atoms with Crippen LogP contribution in [0, 0.1) is 0 Å². The first-order valence-corrected chi connectivity index (χ1v) is 7.77. The molecule has 2 aromatic carbocycles. The predicted molar refractivity (Wildman–Crippen MR) is 93.1 cm³/mol. The number of amides is 1. The minimum Gasteiger partial charge on any atom is -0.507 e. The number of anilines is 1. The molecule has 7 heteroatoms. The Hall–Kier alpha value is -2.86. The van der Waals surface area contributed by atoms with Crippen molar-refractivity contribution < 1.29 is 24.2 Å². The van der Waals surface area contributed by atoms with Crippen LogP contribution in [0.1, 0.15) is 34.6 Å². The molecule has 2 aromatic rings. The van der Waals surface area contributed by atoms with Gasteiger partial charge in [-0.1, -0.05) is 23.7 Å². The van der Waals surface area contributed by atoms with Crippen molar-refractivity contribution in [2.24, 2.45) is 0 Å². The van der Waals surface area contributed by atoms with Crippen molar-refractivity contribution in [2.45, 2.75) is 20.0 Å². The highest BCUT2D eigenvalue weighted by atomic mass is 35.5. The van der Waals surface area contributed by atoms with E-state index in [0.29, 0.717) is 11.3 Å². The summed E-state index contributed by atoms with van der Waals surface area (Å²) in [7, 11) is 0. The third kappa shape index (κ3) is 4.58. The van der Waals surface area contributed by atoms with Crippen LogP contribution >= 0.6 is 11.6 Å². The van der Waals surface area contributed by atoms with Gasteiger partial charge in [-0.15, -0.1) is 0 Å². The van der Waals surface area contributed by atoms with Gasteiger partial charge in [-0.3, -0.25) is 9.59 Å². The maximum atomic E-state index is 12.2. The normalized spacial score (nSPS) is 11.5. The lowest BCUT2D eigenvalue weighted by Crippen LogP contribution is -2.30. The van der Waals surface area contributed by atoms with Gasteiger partial charge in [-0.05, 0) is 44.2 Å². The summed E-state index contributed by atoms with van der Waals surface area (Å²) in [6, 6.07) is 10.4. The maximum Gasteiger partial charge on any atom is 0.342 e. The topological polar surface area (TPSA) is 92.7 Å². The van der Waals surface area contributed by atoms with E-state index in [1.807, 2.05) is 0 Å². The number of benzene rings is 2. The molecule has 130 valence electrons. The number of esters is 1. The Morgan fingerprint density at radius 2 is 1.80 bits per heavy atom. The highest BCUT2D eigenvalue weighted by molar-refractivity contribution is 6.30. The molecule has 0 heterocycles. The number of Topliss-reactive ketones (excluding diaryl/α,β-unsaturated/α-hetero) is 1. The molecule has 0 bridgehead atoms. The Labute approximate surface area is 149 Å². The van der Waals surface area contributed by atoms with Gasteiger partial charge in [0.25, 0.3) is 5.91 Å². The van der Waals surface area contributed by atoms with Gasteiger partial charge in [-0.2, -0.15) is 0 Å². The van der Waals surface area contributed by atoms with Gasteiger partial charge in [0.15, 0.2) is 11.9 Å². The summed E-state index contributed by atoms with van der Waals surface area (Å²) in [5, 5.41) is 12.5. The number of phenols is 1. The van der Waals surface area contributed by atoms with E-state index in [1.165, 1.54) is 32.0 Å². The van der Waals surface area contributed by atoms with Crippen molar-refractivity contribution in [2.75, 3.05) is 5.32 Å². The molecule has 1 atom stereocenters. The largest absolute Gasteiger partial charge is 0.507 e. The van der Waals surface area contributed by atoms with Crippen molar-refractivity contribution in [1.29, 1.82) is 0 Å². The maximum absolute atomic E-state index is 12.2. The van der Waals surface area contributed by atoms with E-state index in [-0.39, 0.29) is 22.1 Å². The molecule has 2 rings (SSSR count). The Kier molecular flexibility index (Phi) is 5.77. The zero-order chi connectivity index (χ0) is 18.6. The van der Waals surface area contributed by atoms with E-state index in [2.05, 4.69) is 5.32 Å². The molecule has 0 spiro atoms. The van der Waals surface area contributed by atoms with Gasteiger partial charge in [-0.25, -0.2) is 4.79 Å². The molecule has 6 nitrogen and oxygen atoms in total. The van der Waals surface area contributed by atoms with Crippen molar-refractivity contribution >= 4 is 34.9 Å². The van der Waals surface area contributed by atoms with Crippen LogP contribution in [-0.4, -0.2) is 28.9 Å². The fourth-order valence-electron chi connectivity index (χ4n) is 2.09. The molecule has 0 unspecified atom stereocenters. The second-order valence-corrected chi connectivity index (χ2v) is 5.74. The van der Waals surface area contributed by atoms with Crippen molar-refractivity contribution in [3.8, 4) is 5.75 Å². The summed E-state index contributed by atoms with van der Waals surface area (Å²) in [4.78, 5) is 35.8. The van der Waals surface area contributed by atoms with E-state index in [1.54, 1.807) is 24.3 Å². The highest BCUT2D eigenvalue weighted by Gasteiger charge is 2.22. The zero-order valence-corrected chi connectivity index (χ0v) is 14.3. The molecule has 0 aliphatic heterocycles. The van der Waals surface area contributed by atoms with Crippen LogP contribution in [-0.2, 0) is 9.53 Å². The number of nitrogens with one attached hydrogen (secondary N) is 1. The summed E-state index contributed by atoms with van der Waals surface area (Å²) in [6.45, 7) is 2.77. The number of halogens is 1. The van der Waals surface area contributed by atoms with Crippen LogP contribution in [0.3, 0.4) is 0 Å².